The van der Waals surface area contributed by atoms with Gasteiger partial charge in [0.25, 0.3) is 0 Å². The van der Waals surface area contributed by atoms with Gasteiger partial charge in [0, 0.05) is 5.92 Å². The number of hydrogen-bond acceptors (Lipinski definition) is 4. The topological polar surface area (TPSA) is 77.5 Å². The quantitative estimate of drug-likeness (QED) is 0.797. The molecule has 1 aliphatic rings. The molecule has 128 valence electrons. The van der Waals surface area contributed by atoms with Crippen LogP contribution in [0.1, 0.15) is 28.4 Å². The number of aryl methyl sites for hydroxylation is 1. The Bertz CT molecular complexity index is 824. The lowest BCUT2D eigenvalue weighted by Gasteiger charge is -2.16. The van der Waals surface area contributed by atoms with Gasteiger partial charge in [-0.05, 0) is 36.6 Å². The third-order valence-electron chi connectivity index (χ3n) is 4.69. The van der Waals surface area contributed by atoms with Crippen molar-refractivity contribution in [2.24, 2.45) is 11.8 Å². The minimum atomic E-state index is -1.30. The standard InChI is InChI=1S/C20H19NO4/c1-12-3-5-14(6-4-12)11-17-13(2)18(22)21(19(17)23)16-9-7-15(8-10-16)20(24)25/h3-10,13,17H,11H2,1-2H3,(H,24,25)/p-1/t13-,17+/m1/s1. The highest BCUT2D eigenvalue weighted by Crippen LogP contribution is 2.33. The van der Waals surface area contributed by atoms with Crippen LogP contribution in [0.2, 0.25) is 0 Å². The summed E-state index contributed by atoms with van der Waals surface area (Å²) in [5.41, 5.74) is 2.54. The van der Waals surface area contributed by atoms with Crippen molar-refractivity contribution < 1.29 is 19.5 Å². The number of aromatic carboxylic acids is 1. The summed E-state index contributed by atoms with van der Waals surface area (Å²) in [4.78, 5) is 37.3. The van der Waals surface area contributed by atoms with Crippen molar-refractivity contribution in [3.63, 3.8) is 0 Å². The molecule has 25 heavy (non-hydrogen) atoms. The van der Waals surface area contributed by atoms with Gasteiger partial charge in [0.1, 0.15) is 0 Å². The van der Waals surface area contributed by atoms with Crippen molar-refractivity contribution in [3.05, 3.63) is 65.2 Å². The van der Waals surface area contributed by atoms with E-state index in [1.54, 1.807) is 6.92 Å². The van der Waals surface area contributed by atoms with Gasteiger partial charge in [-0.1, -0.05) is 48.9 Å². The number of imide groups is 1. The zero-order valence-corrected chi connectivity index (χ0v) is 14.1. The summed E-state index contributed by atoms with van der Waals surface area (Å²) >= 11 is 0. The Hall–Kier alpha value is -2.95. The molecule has 0 bridgehead atoms. The van der Waals surface area contributed by atoms with Crippen LogP contribution in [0.3, 0.4) is 0 Å². The molecule has 1 fully saturated rings. The van der Waals surface area contributed by atoms with E-state index in [9.17, 15) is 19.5 Å². The summed E-state index contributed by atoms with van der Waals surface area (Å²) in [6.07, 6.45) is 0.500. The zero-order chi connectivity index (χ0) is 18.1. The third-order valence-corrected chi connectivity index (χ3v) is 4.69. The highest BCUT2D eigenvalue weighted by Gasteiger charge is 2.45. The Morgan fingerprint density at radius 1 is 1.00 bits per heavy atom. The summed E-state index contributed by atoms with van der Waals surface area (Å²) < 4.78 is 0. The van der Waals surface area contributed by atoms with Gasteiger partial charge in [0.2, 0.25) is 11.8 Å². The van der Waals surface area contributed by atoms with Gasteiger partial charge in [-0.2, -0.15) is 0 Å². The molecule has 0 saturated carbocycles. The molecule has 0 N–H and O–H groups in total. The van der Waals surface area contributed by atoms with Gasteiger partial charge in [-0.25, -0.2) is 0 Å². The lowest BCUT2D eigenvalue weighted by molar-refractivity contribution is -0.255. The van der Waals surface area contributed by atoms with Crippen LogP contribution in [0.4, 0.5) is 5.69 Å². The predicted molar refractivity (Wildman–Crippen MR) is 90.8 cm³/mol. The van der Waals surface area contributed by atoms with Crippen LogP contribution < -0.4 is 10.0 Å². The van der Waals surface area contributed by atoms with Crippen LogP contribution >= 0.6 is 0 Å². The summed E-state index contributed by atoms with van der Waals surface area (Å²) in [7, 11) is 0. The molecule has 1 saturated heterocycles. The molecular weight excluding hydrogens is 318 g/mol. The molecule has 0 spiro atoms. The van der Waals surface area contributed by atoms with Crippen LogP contribution in [0.5, 0.6) is 0 Å². The molecule has 3 rings (SSSR count). The highest BCUT2D eigenvalue weighted by atomic mass is 16.4. The fourth-order valence-electron chi connectivity index (χ4n) is 3.11. The number of carboxylic acids is 1. The number of carboxylic acid groups (broad SMARTS) is 1. The fraction of sp³-hybridized carbons (Fsp3) is 0.250. The minimum Gasteiger partial charge on any atom is -0.545 e. The van der Waals surface area contributed by atoms with Gasteiger partial charge in [-0.15, -0.1) is 0 Å². The Kier molecular flexibility index (Phi) is 4.40. The molecule has 5 heteroatoms. The van der Waals surface area contributed by atoms with E-state index in [0.717, 1.165) is 16.0 Å². The number of nitrogens with zero attached hydrogens (tertiary/aromatic N) is 1. The zero-order valence-electron chi connectivity index (χ0n) is 14.1. The molecule has 0 aromatic heterocycles. The molecule has 1 aliphatic heterocycles. The molecule has 0 aliphatic carbocycles. The van der Waals surface area contributed by atoms with E-state index in [1.165, 1.54) is 24.3 Å². The third kappa shape index (κ3) is 3.18. The Labute approximate surface area is 145 Å². The number of carbonyl (C=O) groups is 3. The lowest BCUT2D eigenvalue weighted by atomic mass is 9.90. The molecule has 2 aromatic carbocycles. The molecule has 5 nitrogen and oxygen atoms in total. The van der Waals surface area contributed by atoms with E-state index in [0.29, 0.717) is 12.1 Å². The maximum absolute atomic E-state index is 12.8. The van der Waals surface area contributed by atoms with Crippen molar-refractivity contribution in [3.8, 4) is 0 Å². The fourth-order valence-corrected chi connectivity index (χ4v) is 3.11. The summed E-state index contributed by atoms with van der Waals surface area (Å²) in [5.74, 6) is -2.65. The van der Waals surface area contributed by atoms with Crippen LogP contribution in [0.25, 0.3) is 0 Å². The number of benzene rings is 2. The second kappa shape index (κ2) is 6.51. The Balaban J connectivity index is 1.84. The van der Waals surface area contributed by atoms with Crippen LogP contribution in [-0.4, -0.2) is 17.8 Å². The first kappa shape index (κ1) is 16.9. The van der Waals surface area contributed by atoms with E-state index in [4.69, 9.17) is 0 Å². The first-order chi connectivity index (χ1) is 11.9. The van der Waals surface area contributed by atoms with Gasteiger partial charge in [0.15, 0.2) is 0 Å². The molecule has 2 aromatic rings. The number of carbonyl (C=O) groups excluding carboxylic acids is 3. The van der Waals surface area contributed by atoms with Crippen molar-refractivity contribution in [2.75, 3.05) is 4.90 Å². The number of amides is 2. The molecular formula is C20H18NO4-. The van der Waals surface area contributed by atoms with E-state index in [1.807, 2.05) is 31.2 Å². The minimum absolute atomic E-state index is 0.00657. The van der Waals surface area contributed by atoms with Crippen molar-refractivity contribution in [1.29, 1.82) is 0 Å². The van der Waals surface area contributed by atoms with Crippen molar-refractivity contribution >= 4 is 23.5 Å². The maximum atomic E-state index is 12.8. The summed E-state index contributed by atoms with van der Waals surface area (Å²) in [6.45, 7) is 3.75. The second-order valence-corrected chi connectivity index (χ2v) is 6.43. The number of anilines is 1. The number of hydrogen-bond donors (Lipinski definition) is 0. The first-order valence-corrected chi connectivity index (χ1v) is 8.13. The van der Waals surface area contributed by atoms with E-state index in [2.05, 4.69) is 0 Å². The first-order valence-electron chi connectivity index (χ1n) is 8.13. The molecule has 2 amide bonds. The Morgan fingerprint density at radius 2 is 1.60 bits per heavy atom. The van der Waals surface area contributed by atoms with Gasteiger partial charge < -0.3 is 9.90 Å². The molecule has 2 atom stereocenters. The van der Waals surface area contributed by atoms with E-state index < -0.39 is 17.8 Å². The lowest BCUT2D eigenvalue weighted by Crippen LogP contribution is -2.31. The summed E-state index contributed by atoms with van der Waals surface area (Å²) in [5, 5.41) is 10.8. The largest absolute Gasteiger partial charge is 0.545 e. The molecule has 0 radical (unpaired) electrons. The van der Waals surface area contributed by atoms with Crippen molar-refractivity contribution in [2.45, 2.75) is 20.3 Å². The average molecular weight is 336 g/mol. The average Bonchev–Trinajstić information content (AvgIpc) is 2.80. The van der Waals surface area contributed by atoms with Gasteiger partial charge in [-0.3, -0.25) is 14.5 Å². The number of rotatable bonds is 4. The maximum Gasteiger partial charge on any atom is 0.238 e. The molecule has 1 heterocycles. The monoisotopic (exact) mass is 336 g/mol. The van der Waals surface area contributed by atoms with Gasteiger partial charge >= 0.3 is 0 Å². The SMILES string of the molecule is Cc1ccc(C[C@@H]2C(=O)N(c3ccc(C(=O)[O-])cc3)C(=O)[C@@H]2C)cc1. The van der Waals surface area contributed by atoms with E-state index >= 15 is 0 Å². The second-order valence-electron chi connectivity index (χ2n) is 6.43. The van der Waals surface area contributed by atoms with Crippen LogP contribution in [0, 0.1) is 18.8 Å². The summed E-state index contributed by atoms with van der Waals surface area (Å²) in [6, 6.07) is 13.5. The van der Waals surface area contributed by atoms with Crippen LogP contribution in [0.15, 0.2) is 48.5 Å². The highest BCUT2D eigenvalue weighted by molar-refractivity contribution is 6.22. The van der Waals surface area contributed by atoms with Crippen molar-refractivity contribution in [1.82, 2.24) is 0 Å². The van der Waals surface area contributed by atoms with Crippen LogP contribution in [-0.2, 0) is 16.0 Å². The Morgan fingerprint density at radius 3 is 2.16 bits per heavy atom. The predicted octanol–water partition coefficient (Wildman–Crippen LogP) is 1.73. The van der Waals surface area contributed by atoms with Gasteiger partial charge in [0.05, 0.1) is 17.6 Å². The van der Waals surface area contributed by atoms with E-state index in [-0.39, 0.29) is 17.4 Å². The molecule has 0 unspecified atom stereocenters. The smallest absolute Gasteiger partial charge is 0.238 e. The normalized spacial score (nSPS) is 20.2.